The molecule has 3 rings (SSSR count). The lowest BCUT2D eigenvalue weighted by Gasteiger charge is -2.07. The van der Waals surface area contributed by atoms with Crippen LogP contribution in [-0.2, 0) is 13.1 Å². The summed E-state index contributed by atoms with van der Waals surface area (Å²) in [7, 11) is 0. The molecule has 0 unspecified atom stereocenters. The van der Waals surface area contributed by atoms with Gasteiger partial charge in [-0.2, -0.15) is 15.2 Å². The number of rotatable bonds is 6. The SMILES string of the molecule is N#Cc1nc(NCc2ccccc2)c2ncn(CCCO)c2n1. The standard InChI is InChI=1S/C16H16N6O/c17-9-13-20-15(18-10-12-5-2-1-3-6-12)14-16(21-13)22(11-19-14)7-4-8-23/h1-3,5-6,11,23H,4,7-8,10H2,(H,18,20,21). The number of nitriles is 1. The molecule has 3 aromatic rings. The Labute approximate surface area is 133 Å². The minimum absolute atomic E-state index is 0.0922. The van der Waals surface area contributed by atoms with Gasteiger partial charge in [-0.3, -0.25) is 0 Å². The van der Waals surface area contributed by atoms with Crippen molar-refractivity contribution < 1.29 is 5.11 Å². The highest BCUT2D eigenvalue weighted by Gasteiger charge is 2.13. The largest absolute Gasteiger partial charge is 0.396 e. The van der Waals surface area contributed by atoms with Gasteiger partial charge in [-0.15, -0.1) is 0 Å². The van der Waals surface area contributed by atoms with Gasteiger partial charge in [0.15, 0.2) is 17.0 Å². The number of imidazole rings is 1. The van der Waals surface area contributed by atoms with E-state index in [1.165, 1.54) is 0 Å². The van der Waals surface area contributed by atoms with E-state index in [1.54, 1.807) is 6.33 Å². The molecule has 116 valence electrons. The van der Waals surface area contributed by atoms with Crippen LogP contribution in [-0.4, -0.2) is 31.2 Å². The zero-order valence-electron chi connectivity index (χ0n) is 12.5. The molecule has 0 fully saturated rings. The van der Waals surface area contributed by atoms with Crippen molar-refractivity contribution in [3.8, 4) is 6.07 Å². The van der Waals surface area contributed by atoms with Crippen molar-refractivity contribution in [2.24, 2.45) is 0 Å². The quantitative estimate of drug-likeness (QED) is 0.719. The van der Waals surface area contributed by atoms with Gasteiger partial charge in [-0.25, -0.2) is 4.98 Å². The summed E-state index contributed by atoms with van der Waals surface area (Å²) in [6, 6.07) is 11.9. The monoisotopic (exact) mass is 308 g/mol. The van der Waals surface area contributed by atoms with Crippen molar-refractivity contribution in [3.05, 3.63) is 48.0 Å². The molecule has 0 radical (unpaired) electrons. The Morgan fingerprint density at radius 2 is 2.04 bits per heavy atom. The van der Waals surface area contributed by atoms with E-state index in [9.17, 15) is 0 Å². The van der Waals surface area contributed by atoms with Crippen LogP contribution in [0.15, 0.2) is 36.7 Å². The normalized spacial score (nSPS) is 10.6. The number of nitrogens with one attached hydrogen (secondary N) is 1. The fourth-order valence-electron chi connectivity index (χ4n) is 2.30. The first kappa shape index (κ1) is 14.9. The average Bonchev–Trinajstić information content (AvgIpc) is 3.01. The predicted molar refractivity (Wildman–Crippen MR) is 85.5 cm³/mol. The second-order valence-electron chi connectivity index (χ2n) is 5.03. The highest BCUT2D eigenvalue weighted by molar-refractivity contribution is 5.83. The van der Waals surface area contributed by atoms with E-state index < -0.39 is 0 Å². The van der Waals surface area contributed by atoms with Crippen molar-refractivity contribution >= 4 is 17.0 Å². The smallest absolute Gasteiger partial charge is 0.236 e. The van der Waals surface area contributed by atoms with Crippen molar-refractivity contribution in [1.82, 2.24) is 19.5 Å². The van der Waals surface area contributed by atoms with Gasteiger partial charge in [-0.1, -0.05) is 30.3 Å². The number of aliphatic hydroxyl groups is 1. The number of anilines is 1. The van der Waals surface area contributed by atoms with Crippen molar-refractivity contribution in [2.75, 3.05) is 11.9 Å². The van der Waals surface area contributed by atoms with Crippen LogP contribution in [0.2, 0.25) is 0 Å². The zero-order chi connectivity index (χ0) is 16.1. The molecule has 0 saturated heterocycles. The summed E-state index contributed by atoms with van der Waals surface area (Å²) in [5, 5.41) is 21.3. The van der Waals surface area contributed by atoms with Gasteiger partial charge < -0.3 is 15.0 Å². The van der Waals surface area contributed by atoms with Crippen LogP contribution in [0, 0.1) is 11.3 Å². The molecular formula is C16H16N6O. The molecule has 0 saturated carbocycles. The van der Waals surface area contributed by atoms with Gasteiger partial charge in [0, 0.05) is 19.7 Å². The molecule has 2 heterocycles. The van der Waals surface area contributed by atoms with E-state index in [0.717, 1.165) is 5.56 Å². The number of benzene rings is 1. The molecule has 0 spiro atoms. The molecule has 7 nitrogen and oxygen atoms in total. The molecule has 23 heavy (non-hydrogen) atoms. The minimum Gasteiger partial charge on any atom is -0.396 e. The van der Waals surface area contributed by atoms with Crippen LogP contribution in [0.3, 0.4) is 0 Å². The molecule has 0 atom stereocenters. The van der Waals surface area contributed by atoms with Gasteiger partial charge in [0.25, 0.3) is 0 Å². The molecule has 0 amide bonds. The lowest BCUT2D eigenvalue weighted by Crippen LogP contribution is -2.06. The number of nitrogens with zero attached hydrogens (tertiary/aromatic N) is 5. The van der Waals surface area contributed by atoms with Gasteiger partial charge in [-0.05, 0) is 12.0 Å². The van der Waals surface area contributed by atoms with Crippen LogP contribution in [0.4, 0.5) is 5.82 Å². The molecule has 2 aromatic heterocycles. The summed E-state index contributed by atoms with van der Waals surface area (Å²) in [6.45, 7) is 1.27. The molecule has 0 bridgehead atoms. The Bertz CT molecular complexity index is 837. The molecule has 2 N–H and O–H groups in total. The van der Waals surface area contributed by atoms with Crippen molar-refractivity contribution in [2.45, 2.75) is 19.5 Å². The van der Waals surface area contributed by atoms with Gasteiger partial charge in [0.1, 0.15) is 6.07 Å². The van der Waals surface area contributed by atoms with Crippen LogP contribution < -0.4 is 5.32 Å². The van der Waals surface area contributed by atoms with Gasteiger partial charge in [0.2, 0.25) is 5.82 Å². The Morgan fingerprint density at radius 3 is 2.78 bits per heavy atom. The summed E-state index contributed by atoms with van der Waals surface area (Å²) < 4.78 is 1.82. The fraction of sp³-hybridized carbons (Fsp3) is 0.250. The van der Waals surface area contributed by atoms with Gasteiger partial charge in [0.05, 0.1) is 6.33 Å². The number of fused-ring (bicyclic) bond motifs is 1. The lowest BCUT2D eigenvalue weighted by molar-refractivity contribution is 0.280. The van der Waals surface area contributed by atoms with E-state index in [0.29, 0.717) is 36.5 Å². The third-order valence-electron chi connectivity index (χ3n) is 3.42. The van der Waals surface area contributed by atoms with Crippen LogP contribution >= 0.6 is 0 Å². The summed E-state index contributed by atoms with van der Waals surface area (Å²) >= 11 is 0. The Balaban J connectivity index is 1.92. The highest BCUT2D eigenvalue weighted by Crippen LogP contribution is 2.19. The maximum Gasteiger partial charge on any atom is 0.236 e. The van der Waals surface area contributed by atoms with Gasteiger partial charge >= 0.3 is 0 Å². The first-order valence-corrected chi connectivity index (χ1v) is 7.33. The summed E-state index contributed by atoms with van der Waals surface area (Å²) in [5.41, 5.74) is 2.33. The Hall–Kier alpha value is -2.98. The third kappa shape index (κ3) is 3.27. The van der Waals surface area contributed by atoms with E-state index in [1.807, 2.05) is 41.0 Å². The van der Waals surface area contributed by atoms with Crippen LogP contribution in [0.25, 0.3) is 11.2 Å². The molecule has 7 heteroatoms. The van der Waals surface area contributed by atoms with E-state index in [-0.39, 0.29) is 12.4 Å². The zero-order valence-corrected chi connectivity index (χ0v) is 12.5. The number of aromatic nitrogens is 4. The number of hydrogen-bond acceptors (Lipinski definition) is 6. The lowest BCUT2D eigenvalue weighted by atomic mass is 10.2. The van der Waals surface area contributed by atoms with E-state index in [4.69, 9.17) is 10.4 Å². The van der Waals surface area contributed by atoms with E-state index >= 15 is 0 Å². The maximum absolute atomic E-state index is 9.14. The van der Waals surface area contributed by atoms with Crippen LogP contribution in [0.1, 0.15) is 17.8 Å². The summed E-state index contributed by atoms with van der Waals surface area (Å²) in [4.78, 5) is 12.8. The second kappa shape index (κ2) is 6.85. The van der Waals surface area contributed by atoms with E-state index in [2.05, 4.69) is 20.3 Å². The van der Waals surface area contributed by atoms with Crippen molar-refractivity contribution in [3.63, 3.8) is 0 Å². The average molecular weight is 308 g/mol. The number of aliphatic hydroxyl groups excluding tert-OH is 1. The molecular weight excluding hydrogens is 292 g/mol. The number of hydrogen-bond donors (Lipinski definition) is 2. The Morgan fingerprint density at radius 1 is 1.22 bits per heavy atom. The predicted octanol–water partition coefficient (Wildman–Crippen LogP) is 1.69. The maximum atomic E-state index is 9.14. The Kier molecular flexibility index (Phi) is 4.45. The molecule has 0 aliphatic heterocycles. The van der Waals surface area contributed by atoms with Crippen molar-refractivity contribution in [1.29, 1.82) is 5.26 Å². The first-order valence-electron chi connectivity index (χ1n) is 7.33. The minimum atomic E-state index is 0.0922. The molecule has 1 aromatic carbocycles. The number of aryl methyl sites for hydroxylation is 1. The fourth-order valence-corrected chi connectivity index (χ4v) is 2.30. The van der Waals surface area contributed by atoms with Crippen LogP contribution in [0.5, 0.6) is 0 Å². The molecule has 0 aliphatic carbocycles. The highest BCUT2D eigenvalue weighted by atomic mass is 16.3. The molecule has 0 aliphatic rings. The first-order chi connectivity index (χ1) is 11.3. The summed E-state index contributed by atoms with van der Waals surface area (Å²) in [6.07, 6.45) is 2.26. The summed E-state index contributed by atoms with van der Waals surface area (Å²) in [5.74, 6) is 0.636. The topological polar surface area (TPSA) is 99.7 Å². The second-order valence-corrected chi connectivity index (χ2v) is 5.03. The third-order valence-corrected chi connectivity index (χ3v) is 3.42.